The van der Waals surface area contributed by atoms with E-state index < -0.39 is 8.07 Å². The van der Waals surface area contributed by atoms with Gasteiger partial charge in [-0.05, 0) is 29.5 Å². The standard InChI is InChI=1S/C17H32BrClSi/c1-14(2)20(15(3)4,16(5)6)13-11-17(18)10-8-7-9-12-19/h14-17H,7-10,12H2,1-6H3. The number of unbranched alkanes of at least 4 members (excludes halogenated alkanes) is 2. The average Bonchev–Trinajstić information content (AvgIpc) is 2.34. The lowest BCUT2D eigenvalue weighted by Crippen LogP contribution is -2.43. The number of hydrogen-bond acceptors (Lipinski definition) is 0. The summed E-state index contributed by atoms with van der Waals surface area (Å²) in [6, 6.07) is 0. The fourth-order valence-corrected chi connectivity index (χ4v) is 9.43. The van der Waals surface area contributed by atoms with Gasteiger partial charge in [-0.3, -0.25) is 0 Å². The van der Waals surface area contributed by atoms with Crippen molar-refractivity contribution in [3.8, 4) is 11.5 Å². The predicted octanol–water partition coefficient (Wildman–Crippen LogP) is 6.77. The van der Waals surface area contributed by atoms with Crippen LogP contribution >= 0.6 is 27.5 Å². The first-order valence-corrected chi connectivity index (χ1v) is 11.7. The van der Waals surface area contributed by atoms with Crippen molar-refractivity contribution in [1.82, 2.24) is 0 Å². The molecule has 0 aromatic rings. The zero-order valence-corrected chi connectivity index (χ0v) is 17.4. The Kier molecular flexibility index (Phi) is 10.6. The zero-order valence-electron chi connectivity index (χ0n) is 14.1. The summed E-state index contributed by atoms with van der Waals surface area (Å²) in [5.74, 6) is 4.32. The Balaban J connectivity index is 4.79. The third-order valence-corrected chi connectivity index (χ3v) is 11.7. The number of halogens is 2. The van der Waals surface area contributed by atoms with Crippen LogP contribution in [-0.4, -0.2) is 18.8 Å². The molecule has 1 atom stereocenters. The highest BCUT2D eigenvalue weighted by atomic mass is 79.9. The summed E-state index contributed by atoms with van der Waals surface area (Å²) in [5, 5.41) is 0. The largest absolute Gasteiger partial charge is 0.146 e. The van der Waals surface area contributed by atoms with Gasteiger partial charge in [0.15, 0.2) is 0 Å². The molecule has 0 amide bonds. The van der Waals surface area contributed by atoms with Gasteiger partial charge >= 0.3 is 0 Å². The minimum atomic E-state index is -1.56. The summed E-state index contributed by atoms with van der Waals surface area (Å²) >= 11 is 9.45. The van der Waals surface area contributed by atoms with E-state index >= 15 is 0 Å². The SMILES string of the molecule is CC(C)[Si](C#CC(Br)CCCCCCl)(C(C)C)C(C)C. The second-order valence-corrected chi connectivity index (χ2v) is 13.7. The van der Waals surface area contributed by atoms with Gasteiger partial charge in [-0.15, -0.1) is 17.1 Å². The maximum Gasteiger partial charge on any atom is 0.146 e. The van der Waals surface area contributed by atoms with Crippen LogP contribution in [0.15, 0.2) is 0 Å². The molecule has 0 aromatic carbocycles. The molecule has 0 fully saturated rings. The van der Waals surface area contributed by atoms with E-state index in [1.165, 1.54) is 12.8 Å². The first-order valence-electron chi connectivity index (χ1n) is 8.01. The molecule has 0 spiro atoms. The first kappa shape index (κ1) is 20.5. The minimum absolute atomic E-state index is 0.348. The topological polar surface area (TPSA) is 0 Å². The van der Waals surface area contributed by atoms with Gasteiger partial charge in [-0.25, -0.2) is 0 Å². The summed E-state index contributed by atoms with van der Waals surface area (Å²) < 4.78 is 0. The molecule has 1 unspecified atom stereocenters. The van der Waals surface area contributed by atoms with E-state index in [-0.39, 0.29) is 0 Å². The van der Waals surface area contributed by atoms with Gasteiger partial charge in [0.2, 0.25) is 0 Å². The monoisotopic (exact) mass is 378 g/mol. The summed E-state index contributed by atoms with van der Waals surface area (Å²) in [6.45, 7) is 14.2. The lowest BCUT2D eigenvalue weighted by Gasteiger charge is -2.38. The van der Waals surface area contributed by atoms with Crippen molar-refractivity contribution >= 4 is 35.6 Å². The molecule has 0 aliphatic heterocycles. The third-order valence-electron chi connectivity index (χ3n) is 4.40. The van der Waals surface area contributed by atoms with E-state index in [1.807, 2.05) is 0 Å². The van der Waals surface area contributed by atoms with Gasteiger partial charge in [0.05, 0.1) is 4.83 Å². The molecule has 0 nitrogen and oxygen atoms in total. The number of rotatable bonds is 8. The van der Waals surface area contributed by atoms with Gasteiger partial charge < -0.3 is 0 Å². The van der Waals surface area contributed by atoms with Crippen LogP contribution in [0.2, 0.25) is 16.6 Å². The van der Waals surface area contributed by atoms with Gasteiger partial charge in [-0.1, -0.05) is 76.2 Å². The molecule has 0 bridgehead atoms. The zero-order chi connectivity index (χ0) is 15.8. The molecule has 0 aliphatic rings. The second kappa shape index (κ2) is 10.3. The highest BCUT2D eigenvalue weighted by molar-refractivity contribution is 9.09. The molecule has 118 valence electrons. The lowest BCUT2D eigenvalue weighted by atomic mass is 10.2. The normalized spacial score (nSPS) is 13.8. The van der Waals surface area contributed by atoms with Crippen LogP contribution in [-0.2, 0) is 0 Å². The van der Waals surface area contributed by atoms with Gasteiger partial charge in [0, 0.05) is 5.88 Å². The van der Waals surface area contributed by atoms with Crippen molar-refractivity contribution in [2.24, 2.45) is 0 Å². The van der Waals surface area contributed by atoms with Crippen LogP contribution in [0.5, 0.6) is 0 Å². The maximum atomic E-state index is 5.71. The molecule has 3 heteroatoms. The van der Waals surface area contributed by atoms with Gasteiger partial charge in [-0.2, -0.15) is 0 Å². The smallest absolute Gasteiger partial charge is 0.129 e. The molecule has 0 aliphatic carbocycles. The van der Waals surface area contributed by atoms with E-state index in [9.17, 15) is 0 Å². The van der Waals surface area contributed by atoms with Crippen molar-refractivity contribution in [3.05, 3.63) is 0 Å². The van der Waals surface area contributed by atoms with Crippen molar-refractivity contribution in [1.29, 1.82) is 0 Å². The van der Waals surface area contributed by atoms with Crippen LogP contribution in [0.4, 0.5) is 0 Å². The van der Waals surface area contributed by atoms with E-state index in [4.69, 9.17) is 11.6 Å². The molecule has 0 saturated carbocycles. The average molecular weight is 380 g/mol. The lowest BCUT2D eigenvalue weighted by molar-refractivity contribution is 0.691. The highest BCUT2D eigenvalue weighted by Gasteiger charge is 2.41. The molecule has 0 rings (SSSR count). The molecular weight excluding hydrogens is 348 g/mol. The van der Waals surface area contributed by atoms with Crippen LogP contribution < -0.4 is 0 Å². The first-order chi connectivity index (χ1) is 9.28. The van der Waals surface area contributed by atoms with Gasteiger partial charge in [0.1, 0.15) is 8.07 Å². The van der Waals surface area contributed by atoms with E-state index in [2.05, 4.69) is 68.9 Å². The number of hydrogen-bond donors (Lipinski definition) is 0. The van der Waals surface area contributed by atoms with Crippen molar-refractivity contribution < 1.29 is 0 Å². The fourth-order valence-electron chi connectivity index (χ4n) is 3.30. The maximum absolute atomic E-state index is 5.71. The van der Waals surface area contributed by atoms with Crippen LogP contribution in [0.25, 0.3) is 0 Å². The quantitative estimate of drug-likeness (QED) is 0.189. The molecule has 0 radical (unpaired) electrons. The van der Waals surface area contributed by atoms with Crippen LogP contribution in [0.3, 0.4) is 0 Å². The Bertz CT molecular complexity index is 293. The Hall–Kier alpha value is 0.547. The highest BCUT2D eigenvalue weighted by Crippen LogP contribution is 2.40. The van der Waals surface area contributed by atoms with E-state index in [1.54, 1.807) is 0 Å². The Morgan fingerprint density at radius 2 is 1.40 bits per heavy atom. The van der Waals surface area contributed by atoms with E-state index in [0.29, 0.717) is 21.5 Å². The third kappa shape index (κ3) is 6.12. The van der Waals surface area contributed by atoms with Crippen molar-refractivity contribution in [2.45, 2.75) is 88.7 Å². The summed E-state index contributed by atoms with van der Waals surface area (Å²) in [5.41, 5.74) is 5.93. The van der Waals surface area contributed by atoms with Gasteiger partial charge in [0.25, 0.3) is 0 Å². The number of alkyl halides is 2. The van der Waals surface area contributed by atoms with Crippen LogP contribution in [0, 0.1) is 11.5 Å². The summed E-state index contributed by atoms with van der Waals surface area (Å²) in [7, 11) is -1.56. The molecule has 20 heavy (non-hydrogen) atoms. The second-order valence-electron chi connectivity index (χ2n) is 6.67. The van der Waals surface area contributed by atoms with E-state index in [0.717, 1.165) is 18.7 Å². The minimum Gasteiger partial charge on any atom is -0.129 e. The fraction of sp³-hybridized carbons (Fsp3) is 0.882. The summed E-state index contributed by atoms with van der Waals surface area (Å²) in [6.07, 6.45) is 4.70. The molecule has 0 saturated heterocycles. The van der Waals surface area contributed by atoms with Crippen molar-refractivity contribution in [3.63, 3.8) is 0 Å². The molecular formula is C17H32BrClSi. The van der Waals surface area contributed by atoms with Crippen molar-refractivity contribution in [2.75, 3.05) is 5.88 Å². The Labute approximate surface area is 141 Å². The molecule has 0 aromatic heterocycles. The summed E-state index contributed by atoms with van der Waals surface area (Å²) in [4.78, 5) is 0.348. The predicted molar refractivity (Wildman–Crippen MR) is 101 cm³/mol. The van der Waals surface area contributed by atoms with Crippen LogP contribution in [0.1, 0.15) is 67.2 Å². The molecule has 0 N–H and O–H groups in total. The Morgan fingerprint density at radius 3 is 1.80 bits per heavy atom. The molecule has 0 heterocycles. The Morgan fingerprint density at radius 1 is 0.900 bits per heavy atom.